The van der Waals surface area contributed by atoms with Crippen molar-refractivity contribution in [3.8, 4) is 5.75 Å². The highest BCUT2D eigenvalue weighted by Crippen LogP contribution is 2.19. The summed E-state index contributed by atoms with van der Waals surface area (Å²) in [5.74, 6) is 1.51. The van der Waals surface area contributed by atoms with Gasteiger partial charge in [-0.2, -0.15) is 0 Å². The zero-order valence-corrected chi connectivity index (χ0v) is 9.23. The highest BCUT2D eigenvalue weighted by molar-refractivity contribution is 6.00. The van der Waals surface area contributed by atoms with Crippen LogP contribution in [0.3, 0.4) is 0 Å². The summed E-state index contributed by atoms with van der Waals surface area (Å²) in [6.07, 6.45) is 5.85. The van der Waals surface area contributed by atoms with E-state index in [2.05, 4.69) is 16.9 Å². The Hall–Kier alpha value is -1.38. The number of methoxy groups -OCH3 is 1. The normalized spacial score (nSPS) is 20.9. The summed E-state index contributed by atoms with van der Waals surface area (Å²) in [5.41, 5.74) is 2.26. The van der Waals surface area contributed by atoms with Gasteiger partial charge in [0.05, 0.1) is 13.3 Å². The Morgan fingerprint density at radius 2 is 2.27 bits per heavy atom. The quantitative estimate of drug-likeness (QED) is 0.740. The van der Waals surface area contributed by atoms with Crippen LogP contribution in [0.1, 0.15) is 25.3 Å². The SMILES string of the molecule is COc1cncc(C2=NC[C@@H](C)CC2)c1. The molecule has 15 heavy (non-hydrogen) atoms. The van der Waals surface area contributed by atoms with Crippen molar-refractivity contribution in [2.45, 2.75) is 19.8 Å². The minimum atomic E-state index is 0.715. The minimum Gasteiger partial charge on any atom is -0.495 e. The number of pyridine rings is 1. The molecule has 0 bridgehead atoms. The fraction of sp³-hybridized carbons (Fsp3) is 0.500. The van der Waals surface area contributed by atoms with Gasteiger partial charge in [-0.05, 0) is 24.8 Å². The van der Waals surface area contributed by atoms with Gasteiger partial charge in [-0.15, -0.1) is 0 Å². The van der Waals surface area contributed by atoms with Crippen molar-refractivity contribution in [2.24, 2.45) is 10.9 Å². The molecule has 1 atom stereocenters. The summed E-state index contributed by atoms with van der Waals surface area (Å²) < 4.78 is 5.15. The van der Waals surface area contributed by atoms with Gasteiger partial charge in [0.2, 0.25) is 0 Å². The first-order chi connectivity index (χ1) is 7.29. The van der Waals surface area contributed by atoms with Crippen molar-refractivity contribution in [2.75, 3.05) is 13.7 Å². The van der Waals surface area contributed by atoms with Crippen molar-refractivity contribution < 1.29 is 4.74 Å². The van der Waals surface area contributed by atoms with Gasteiger partial charge in [0.15, 0.2) is 0 Å². The van der Waals surface area contributed by atoms with Crippen molar-refractivity contribution >= 4 is 5.71 Å². The Balaban J connectivity index is 2.22. The van der Waals surface area contributed by atoms with Crippen LogP contribution in [0.2, 0.25) is 0 Å². The van der Waals surface area contributed by atoms with Crippen LogP contribution in [0.25, 0.3) is 0 Å². The molecule has 3 nitrogen and oxygen atoms in total. The molecule has 1 aromatic rings. The molecule has 2 heterocycles. The highest BCUT2D eigenvalue weighted by Gasteiger charge is 2.13. The van der Waals surface area contributed by atoms with E-state index in [1.165, 1.54) is 12.1 Å². The lowest BCUT2D eigenvalue weighted by atomic mass is 9.97. The zero-order valence-electron chi connectivity index (χ0n) is 9.23. The molecule has 0 saturated carbocycles. The number of aliphatic imine (C=N–C) groups is 1. The van der Waals surface area contributed by atoms with E-state index in [-0.39, 0.29) is 0 Å². The highest BCUT2D eigenvalue weighted by atomic mass is 16.5. The maximum atomic E-state index is 5.15. The van der Waals surface area contributed by atoms with Crippen LogP contribution in [0.4, 0.5) is 0 Å². The third-order valence-electron chi connectivity index (χ3n) is 2.75. The lowest BCUT2D eigenvalue weighted by Gasteiger charge is -2.17. The molecule has 0 radical (unpaired) electrons. The third-order valence-corrected chi connectivity index (χ3v) is 2.75. The number of rotatable bonds is 2. The van der Waals surface area contributed by atoms with Crippen molar-refractivity contribution in [3.05, 3.63) is 24.0 Å². The van der Waals surface area contributed by atoms with E-state index in [1.54, 1.807) is 13.3 Å². The first-order valence-electron chi connectivity index (χ1n) is 5.32. The van der Waals surface area contributed by atoms with Crippen LogP contribution < -0.4 is 4.74 Å². The molecule has 0 saturated heterocycles. The molecule has 80 valence electrons. The average molecular weight is 204 g/mol. The van der Waals surface area contributed by atoms with E-state index in [4.69, 9.17) is 4.74 Å². The molecular weight excluding hydrogens is 188 g/mol. The summed E-state index contributed by atoms with van der Waals surface area (Å²) >= 11 is 0. The second-order valence-electron chi connectivity index (χ2n) is 4.04. The van der Waals surface area contributed by atoms with Gasteiger partial charge in [0.1, 0.15) is 5.75 Å². The number of hydrogen-bond donors (Lipinski definition) is 0. The molecule has 0 N–H and O–H groups in total. The molecule has 3 heteroatoms. The first kappa shape index (κ1) is 10.1. The Morgan fingerprint density at radius 1 is 1.40 bits per heavy atom. The zero-order chi connectivity index (χ0) is 10.7. The molecule has 0 aromatic carbocycles. The second-order valence-corrected chi connectivity index (χ2v) is 4.04. The average Bonchev–Trinajstić information content (AvgIpc) is 2.30. The summed E-state index contributed by atoms with van der Waals surface area (Å²) in [5, 5.41) is 0. The van der Waals surface area contributed by atoms with E-state index in [9.17, 15) is 0 Å². The van der Waals surface area contributed by atoms with Gasteiger partial charge in [0, 0.05) is 24.0 Å². The van der Waals surface area contributed by atoms with Gasteiger partial charge in [-0.1, -0.05) is 6.92 Å². The molecule has 0 fully saturated rings. The van der Waals surface area contributed by atoms with E-state index in [0.717, 1.165) is 24.3 Å². The predicted octanol–water partition coefficient (Wildman–Crippen LogP) is 2.31. The predicted molar refractivity (Wildman–Crippen MR) is 60.6 cm³/mol. The van der Waals surface area contributed by atoms with E-state index in [0.29, 0.717) is 5.92 Å². The fourth-order valence-electron chi connectivity index (χ4n) is 1.74. The van der Waals surface area contributed by atoms with Crippen LogP contribution in [-0.2, 0) is 0 Å². The van der Waals surface area contributed by atoms with Gasteiger partial charge < -0.3 is 4.74 Å². The monoisotopic (exact) mass is 204 g/mol. The Kier molecular flexibility index (Phi) is 2.99. The van der Waals surface area contributed by atoms with Gasteiger partial charge in [-0.25, -0.2) is 0 Å². The lowest BCUT2D eigenvalue weighted by molar-refractivity contribution is 0.412. The van der Waals surface area contributed by atoms with E-state index >= 15 is 0 Å². The second kappa shape index (κ2) is 4.43. The van der Waals surface area contributed by atoms with Crippen LogP contribution in [0.5, 0.6) is 5.75 Å². The Morgan fingerprint density at radius 3 is 2.93 bits per heavy atom. The van der Waals surface area contributed by atoms with Crippen LogP contribution in [0.15, 0.2) is 23.5 Å². The summed E-state index contributed by atoms with van der Waals surface area (Å²) in [6, 6.07) is 2.00. The topological polar surface area (TPSA) is 34.5 Å². The minimum absolute atomic E-state index is 0.715. The Bertz CT molecular complexity index is 374. The standard InChI is InChI=1S/C12H16N2O/c1-9-3-4-12(14-6-9)10-5-11(15-2)8-13-7-10/h5,7-9H,3-4,6H2,1-2H3/t9-/m0/s1. The first-order valence-corrected chi connectivity index (χ1v) is 5.32. The molecule has 0 amide bonds. The lowest BCUT2D eigenvalue weighted by Crippen LogP contribution is -2.14. The smallest absolute Gasteiger partial charge is 0.137 e. The molecule has 0 spiro atoms. The summed E-state index contributed by atoms with van der Waals surface area (Å²) in [4.78, 5) is 8.72. The molecule has 1 aromatic heterocycles. The molecule has 0 unspecified atom stereocenters. The maximum Gasteiger partial charge on any atom is 0.137 e. The van der Waals surface area contributed by atoms with Crippen molar-refractivity contribution in [1.82, 2.24) is 4.98 Å². The number of aromatic nitrogens is 1. The maximum absolute atomic E-state index is 5.15. The molecule has 1 aliphatic heterocycles. The van der Waals surface area contributed by atoms with Gasteiger partial charge in [0.25, 0.3) is 0 Å². The number of nitrogens with zero attached hydrogens (tertiary/aromatic N) is 2. The summed E-state index contributed by atoms with van der Waals surface area (Å²) in [7, 11) is 1.66. The fourth-order valence-corrected chi connectivity index (χ4v) is 1.74. The molecule has 0 aliphatic carbocycles. The number of ether oxygens (including phenoxy) is 1. The molecule has 2 rings (SSSR count). The Labute approximate surface area is 90.2 Å². The van der Waals surface area contributed by atoms with Crippen molar-refractivity contribution in [3.63, 3.8) is 0 Å². The van der Waals surface area contributed by atoms with Crippen LogP contribution in [-0.4, -0.2) is 24.4 Å². The van der Waals surface area contributed by atoms with E-state index < -0.39 is 0 Å². The van der Waals surface area contributed by atoms with E-state index in [1.807, 2.05) is 12.3 Å². The van der Waals surface area contributed by atoms with Crippen LogP contribution >= 0.6 is 0 Å². The van der Waals surface area contributed by atoms with Crippen molar-refractivity contribution in [1.29, 1.82) is 0 Å². The third kappa shape index (κ3) is 2.35. The van der Waals surface area contributed by atoms with Gasteiger partial charge >= 0.3 is 0 Å². The largest absolute Gasteiger partial charge is 0.495 e. The van der Waals surface area contributed by atoms with Crippen LogP contribution in [0, 0.1) is 5.92 Å². The number of hydrogen-bond acceptors (Lipinski definition) is 3. The summed E-state index contributed by atoms with van der Waals surface area (Å²) in [6.45, 7) is 3.18. The van der Waals surface area contributed by atoms with Gasteiger partial charge in [-0.3, -0.25) is 9.98 Å². The molecule has 1 aliphatic rings. The molecular formula is C12H16N2O.